The molecule has 132 valence electrons. The Balaban J connectivity index is 1.97. The van der Waals surface area contributed by atoms with E-state index in [0.29, 0.717) is 31.5 Å². The summed E-state index contributed by atoms with van der Waals surface area (Å²) in [6, 6.07) is 4.44. The maximum atomic E-state index is 14.3. The molecule has 5 nitrogen and oxygen atoms in total. The summed E-state index contributed by atoms with van der Waals surface area (Å²) in [4.78, 5) is 28.7. The molecule has 1 aromatic rings. The summed E-state index contributed by atoms with van der Waals surface area (Å²) in [5.74, 6) is -1.18. The number of methoxy groups -OCH3 is 1. The van der Waals surface area contributed by atoms with Crippen LogP contribution in [-0.4, -0.2) is 37.2 Å². The fourth-order valence-corrected chi connectivity index (χ4v) is 2.62. The van der Waals surface area contributed by atoms with Crippen molar-refractivity contribution in [3.63, 3.8) is 0 Å². The number of ether oxygens (including phenoxy) is 1. The van der Waals surface area contributed by atoms with Crippen molar-refractivity contribution in [2.45, 2.75) is 39.5 Å². The van der Waals surface area contributed by atoms with Crippen LogP contribution in [0.15, 0.2) is 18.2 Å². The smallest absolute Gasteiger partial charge is 0.337 e. The van der Waals surface area contributed by atoms with E-state index in [2.05, 4.69) is 4.74 Å². The highest BCUT2D eigenvalue weighted by Gasteiger charge is 2.29. The molecule has 0 aliphatic carbocycles. The van der Waals surface area contributed by atoms with Crippen LogP contribution in [0, 0.1) is 11.2 Å². The van der Waals surface area contributed by atoms with Crippen LogP contribution in [0.25, 0.3) is 0 Å². The van der Waals surface area contributed by atoms with Gasteiger partial charge in [-0.05, 0) is 57.2 Å². The summed E-state index contributed by atoms with van der Waals surface area (Å²) in [5, 5.41) is 1.64. The molecule has 24 heavy (non-hydrogen) atoms. The molecule has 0 saturated carbocycles. The molecule has 0 radical (unpaired) electrons. The van der Waals surface area contributed by atoms with Gasteiger partial charge in [0.05, 0.1) is 18.1 Å². The number of carbonyl (C=O) groups is 2. The lowest BCUT2D eigenvalue weighted by Gasteiger charge is -2.32. The van der Waals surface area contributed by atoms with E-state index < -0.39 is 17.2 Å². The van der Waals surface area contributed by atoms with Crippen LogP contribution in [0.1, 0.15) is 55.5 Å². The Labute approximate surface area is 141 Å². The van der Waals surface area contributed by atoms with Crippen molar-refractivity contribution < 1.29 is 23.6 Å². The first-order valence-corrected chi connectivity index (χ1v) is 8.07. The molecule has 1 aromatic carbocycles. The van der Waals surface area contributed by atoms with E-state index in [9.17, 15) is 14.0 Å². The molecule has 6 heteroatoms. The van der Waals surface area contributed by atoms with Crippen molar-refractivity contribution >= 4 is 11.9 Å². The molecule has 1 aliphatic rings. The number of hydrogen-bond donors (Lipinski definition) is 0. The Morgan fingerprint density at radius 2 is 1.83 bits per heavy atom. The van der Waals surface area contributed by atoms with E-state index in [0.717, 1.165) is 0 Å². The molecule has 0 spiro atoms. The van der Waals surface area contributed by atoms with Gasteiger partial charge in [0.25, 0.3) is 0 Å². The summed E-state index contributed by atoms with van der Waals surface area (Å²) >= 11 is 0. The third-order valence-corrected chi connectivity index (χ3v) is 4.14. The molecule has 0 atom stereocenters. The van der Waals surface area contributed by atoms with Crippen molar-refractivity contribution in [1.82, 2.24) is 5.06 Å². The average Bonchev–Trinajstić information content (AvgIpc) is 2.54. The van der Waals surface area contributed by atoms with E-state index >= 15 is 0 Å². The van der Waals surface area contributed by atoms with Crippen molar-refractivity contribution in [3.8, 4) is 0 Å². The molecule has 1 aliphatic heterocycles. The summed E-state index contributed by atoms with van der Waals surface area (Å²) < 4.78 is 18.9. The van der Waals surface area contributed by atoms with E-state index in [1.54, 1.807) is 38.0 Å². The standard InChI is InChI=1S/C18H24FNO4/c1-18(2,3)17(22)24-20-9-7-12(8-10-20)14-6-5-13(11-15(14)19)16(21)23-4/h5-6,11-12H,7-10H2,1-4H3. The second-order valence-corrected chi connectivity index (χ2v) is 7.06. The Morgan fingerprint density at radius 3 is 2.33 bits per heavy atom. The first kappa shape index (κ1) is 18.4. The van der Waals surface area contributed by atoms with Gasteiger partial charge in [0, 0.05) is 13.1 Å². The van der Waals surface area contributed by atoms with E-state index in [4.69, 9.17) is 4.84 Å². The lowest BCUT2D eigenvalue weighted by atomic mass is 9.89. The first-order chi connectivity index (χ1) is 11.2. The zero-order valence-corrected chi connectivity index (χ0v) is 14.6. The second-order valence-electron chi connectivity index (χ2n) is 7.06. The highest BCUT2D eigenvalue weighted by atomic mass is 19.1. The maximum Gasteiger partial charge on any atom is 0.337 e. The van der Waals surface area contributed by atoms with Crippen molar-refractivity contribution in [1.29, 1.82) is 0 Å². The number of halogens is 1. The van der Waals surface area contributed by atoms with E-state index in [1.165, 1.54) is 13.2 Å². The number of piperidine rings is 1. The van der Waals surface area contributed by atoms with E-state index in [1.807, 2.05) is 0 Å². The number of esters is 1. The zero-order valence-electron chi connectivity index (χ0n) is 14.6. The minimum Gasteiger partial charge on any atom is -0.465 e. The monoisotopic (exact) mass is 337 g/mol. The van der Waals surface area contributed by atoms with Crippen LogP contribution in [0.3, 0.4) is 0 Å². The molecular weight excluding hydrogens is 313 g/mol. The Morgan fingerprint density at radius 1 is 1.21 bits per heavy atom. The molecule has 0 aromatic heterocycles. The second kappa shape index (κ2) is 7.30. The number of nitrogens with zero attached hydrogens (tertiary/aromatic N) is 1. The van der Waals surface area contributed by atoms with Crippen LogP contribution < -0.4 is 0 Å². The normalized spacial score (nSPS) is 16.7. The fourth-order valence-electron chi connectivity index (χ4n) is 2.62. The first-order valence-electron chi connectivity index (χ1n) is 8.07. The van der Waals surface area contributed by atoms with E-state index in [-0.39, 0.29) is 17.5 Å². The van der Waals surface area contributed by atoms with Crippen LogP contribution in [0.4, 0.5) is 4.39 Å². The molecule has 0 unspecified atom stereocenters. The Hall–Kier alpha value is -1.95. The number of rotatable bonds is 3. The predicted octanol–water partition coefficient (Wildman–Crippen LogP) is 3.30. The third kappa shape index (κ3) is 4.32. The molecule has 0 amide bonds. The largest absolute Gasteiger partial charge is 0.465 e. The van der Waals surface area contributed by atoms with Gasteiger partial charge in [-0.3, -0.25) is 0 Å². The van der Waals surface area contributed by atoms with Gasteiger partial charge in [0.1, 0.15) is 5.82 Å². The van der Waals surface area contributed by atoms with Gasteiger partial charge in [0.2, 0.25) is 0 Å². The van der Waals surface area contributed by atoms with Gasteiger partial charge >= 0.3 is 11.9 Å². The van der Waals surface area contributed by atoms with Crippen molar-refractivity contribution in [2.24, 2.45) is 5.41 Å². The molecule has 1 fully saturated rings. The number of carbonyl (C=O) groups excluding carboxylic acids is 2. The molecule has 0 N–H and O–H groups in total. The predicted molar refractivity (Wildman–Crippen MR) is 86.8 cm³/mol. The third-order valence-electron chi connectivity index (χ3n) is 4.14. The highest BCUT2D eigenvalue weighted by molar-refractivity contribution is 5.89. The van der Waals surface area contributed by atoms with Gasteiger partial charge in [-0.1, -0.05) is 6.07 Å². The van der Waals surface area contributed by atoms with Crippen LogP contribution in [0.2, 0.25) is 0 Å². The lowest BCUT2D eigenvalue weighted by Crippen LogP contribution is -2.38. The number of hydroxylamine groups is 2. The topological polar surface area (TPSA) is 55.8 Å². The average molecular weight is 337 g/mol. The van der Waals surface area contributed by atoms with Gasteiger partial charge in [-0.25, -0.2) is 14.0 Å². The molecule has 2 rings (SSSR count). The van der Waals surface area contributed by atoms with Crippen LogP contribution in [0.5, 0.6) is 0 Å². The van der Waals surface area contributed by atoms with Crippen LogP contribution in [-0.2, 0) is 14.4 Å². The molecular formula is C18H24FNO4. The maximum absolute atomic E-state index is 14.3. The fraction of sp³-hybridized carbons (Fsp3) is 0.556. The number of benzene rings is 1. The summed E-state index contributed by atoms with van der Waals surface area (Å²) in [6.07, 6.45) is 1.37. The minimum absolute atomic E-state index is 0.0429. The molecule has 0 bridgehead atoms. The summed E-state index contributed by atoms with van der Waals surface area (Å²) in [7, 11) is 1.27. The summed E-state index contributed by atoms with van der Waals surface area (Å²) in [6.45, 7) is 6.54. The van der Waals surface area contributed by atoms with Crippen LogP contribution >= 0.6 is 0 Å². The van der Waals surface area contributed by atoms with Crippen molar-refractivity contribution in [3.05, 3.63) is 35.1 Å². The quantitative estimate of drug-likeness (QED) is 0.792. The van der Waals surface area contributed by atoms with Gasteiger partial charge in [0.15, 0.2) is 0 Å². The minimum atomic E-state index is -0.552. The van der Waals surface area contributed by atoms with Gasteiger partial charge in [-0.2, -0.15) is 0 Å². The van der Waals surface area contributed by atoms with Crippen molar-refractivity contribution in [2.75, 3.05) is 20.2 Å². The van der Waals surface area contributed by atoms with Gasteiger partial charge < -0.3 is 9.57 Å². The summed E-state index contributed by atoms with van der Waals surface area (Å²) in [5.41, 5.74) is 0.242. The lowest BCUT2D eigenvalue weighted by molar-refractivity contribution is -0.204. The highest BCUT2D eigenvalue weighted by Crippen LogP contribution is 2.31. The SMILES string of the molecule is COC(=O)c1ccc(C2CCN(OC(=O)C(C)(C)C)CC2)c(F)c1. The molecule has 1 saturated heterocycles. The Kier molecular flexibility index (Phi) is 5.59. The zero-order chi connectivity index (χ0) is 17.9. The molecule has 1 heterocycles. The van der Waals surface area contributed by atoms with Gasteiger partial charge in [-0.15, -0.1) is 5.06 Å². The number of hydrogen-bond acceptors (Lipinski definition) is 5. The Bertz CT molecular complexity index is 616.